The van der Waals surface area contributed by atoms with Crippen molar-refractivity contribution in [3.8, 4) is 0 Å². The minimum Gasteiger partial charge on any atom is -0.481 e. The van der Waals surface area contributed by atoms with Gasteiger partial charge < -0.3 is 14.5 Å². The number of carboxylic acids is 1. The molecule has 0 unspecified atom stereocenters. The number of amides is 1. The average Bonchev–Trinajstić information content (AvgIpc) is 2.74. The van der Waals surface area contributed by atoms with Crippen molar-refractivity contribution in [3.63, 3.8) is 0 Å². The van der Waals surface area contributed by atoms with Gasteiger partial charge in [-0.05, 0) is 19.8 Å². The summed E-state index contributed by atoms with van der Waals surface area (Å²) in [6, 6.07) is 0. The molecule has 92 valence electrons. The van der Waals surface area contributed by atoms with Crippen LogP contribution in [0, 0.1) is 12.8 Å². The van der Waals surface area contributed by atoms with Crippen LogP contribution < -0.4 is 0 Å². The van der Waals surface area contributed by atoms with Gasteiger partial charge in [-0.15, -0.1) is 0 Å². The van der Waals surface area contributed by atoms with Crippen molar-refractivity contribution in [2.75, 3.05) is 13.1 Å². The van der Waals surface area contributed by atoms with Crippen molar-refractivity contribution < 1.29 is 19.2 Å². The smallest absolute Gasteiger partial charge is 0.306 e. The monoisotopic (exact) mass is 238 g/mol. The number of carbonyl (C=O) groups excluding carboxylic acids is 1. The van der Waals surface area contributed by atoms with Crippen molar-refractivity contribution in [1.82, 2.24) is 10.1 Å². The lowest BCUT2D eigenvalue weighted by molar-refractivity contribution is -0.143. The fourth-order valence-electron chi connectivity index (χ4n) is 2.00. The Morgan fingerprint density at radius 1 is 1.47 bits per heavy atom. The zero-order valence-electron chi connectivity index (χ0n) is 9.55. The van der Waals surface area contributed by atoms with Crippen molar-refractivity contribution in [2.24, 2.45) is 5.92 Å². The Balaban J connectivity index is 2.00. The van der Waals surface area contributed by atoms with Gasteiger partial charge in [0.15, 0.2) is 0 Å². The summed E-state index contributed by atoms with van der Waals surface area (Å²) >= 11 is 0. The third-order valence-corrected chi connectivity index (χ3v) is 3.11. The van der Waals surface area contributed by atoms with Crippen molar-refractivity contribution >= 4 is 11.9 Å². The van der Waals surface area contributed by atoms with Crippen LogP contribution in [0.15, 0.2) is 10.8 Å². The third-order valence-electron chi connectivity index (χ3n) is 3.11. The highest BCUT2D eigenvalue weighted by atomic mass is 16.5. The van der Waals surface area contributed by atoms with Crippen LogP contribution in [0.2, 0.25) is 0 Å². The molecule has 0 aliphatic carbocycles. The molecule has 0 aromatic carbocycles. The van der Waals surface area contributed by atoms with E-state index in [1.54, 1.807) is 11.8 Å². The topological polar surface area (TPSA) is 83.6 Å². The Labute approximate surface area is 98.2 Å². The van der Waals surface area contributed by atoms with E-state index in [1.807, 2.05) is 0 Å². The van der Waals surface area contributed by atoms with E-state index in [1.165, 1.54) is 6.26 Å². The zero-order valence-corrected chi connectivity index (χ0v) is 9.55. The van der Waals surface area contributed by atoms with E-state index in [0.717, 1.165) is 0 Å². The van der Waals surface area contributed by atoms with Gasteiger partial charge in [0.05, 0.1) is 11.6 Å². The first kappa shape index (κ1) is 11.6. The summed E-state index contributed by atoms with van der Waals surface area (Å²) in [5.74, 6) is -1.24. The number of aryl methyl sites for hydroxylation is 1. The quantitative estimate of drug-likeness (QED) is 0.828. The Hall–Kier alpha value is -1.85. The number of aromatic nitrogens is 1. The predicted octanol–water partition coefficient (Wildman–Crippen LogP) is 0.920. The highest BCUT2D eigenvalue weighted by Gasteiger charge is 2.28. The molecule has 0 radical (unpaired) electrons. The van der Waals surface area contributed by atoms with Crippen LogP contribution >= 0.6 is 0 Å². The molecule has 1 N–H and O–H groups in total. The molecular weight excluding hydrogens is 224 g/mol. The zero-order chi connectivity index (χ0) is 12.4. The van der Waals surface area contributed by atoms with Crippen LogP contribution in [0.4, 0.5) is 0 Å². The molecule has 1 saturated heterocycles. The van der Waals surface area contributed by atoms with E-state index in [2.05, 4.69) is 5.16 Å². The summed E-state index contributed by atoms with van der Waals surface area (Å²) < 4.78 is 4.72. The second-order valence-corrected chi connectivity index (χ2v) is 4.22. The second-order valence-electron chi connectivity index (χ2n) is 4.22. The molecule has 2 rings (SSSR count). The Morgan fingerprint density at radius 2 is 2.12 bits per heavy atom. The summed E-state index contributed by atoms with van der Waals surface area (Å²) in [6.07, 6.45) is 2.34. The largest absolute Gasteiger partial charge is 0.481 e. The highest BCUT2D eigenvalue weighted by molar-refractivity contribution is 5.95. The molecule has 1 aliphatic heterocycles. The van der Waals surface area contributed by atoms with Crippen LogP contribution in [-0.4, -0.2) is 40.1 Å². The number of hydrogen-bond donors (Lipinski definition) is 1. The van der Waals surface area contributed by atoms with Gasteiger partial charge in [-0.1, -0.05) is 5.16 Å². The average molecular weight is 238 g/mol. The van der Waals surface area contributed by atoms with Gasteiger partial charge in [-0.2, -0.15) is 0 Å². The molecule has 0 atom stereocenters. The minimum atomic E-state index is -0.779. The van der Waals surface area contributed by atoms with Crippen LogP contribution in [-0.2, 0) is 4.79 Å². The summed E-state index contributed by atoms with van der Waals surface area (Å²) in [4.78, 5) is 24.5. The molecule has 6 nitrogen and oxygen atoms in total. The molecule has 1 amide bonds. The van der Waals surface area contributed by atoms with Gasteiger partial charge in [0.1, 0.15) is 11.8 Å². The first-order valence-corrected chi connectivity index (χ1v) is 5.52. The number of carboxylic acid groups (broad SMARTS) is 1. The Kier molecular flexibility index (Phi) is 3.12. The molecule has 1 aromatic heterocycles. The van der Waals surface area contributed by atoms with E-state index in [0.29, 0.717) is 37.2 Å². The van der Waals surface area contributed by atoms with Crippen LogP contribution in [0.5, 0.6) is 0 Å². The lowest BCUT2D eigenvalue weighted by Crippen LogP contribution is -2.40. The summed E-state index contributed by atoms with van der Waals surface area (Å²) in [7, 11) is 0. The van der Waals surface area contributed by atoms with Gasteiger partial charge in [0.2, 0.25) is 0 Å². The van der Waals surface area contributed by atoms with Crippen LogP contribution in [0.25, 0.3) is 0 Å². The molecule has 0 spiro atoms. The summed E-state index contributed by atoms with van der Waals surface area (Å²) in [5.41, 5.74) is 1.02. The van der Waals surface area contributed by atoms with E-state index in [-0.39, 0.29) is 11.8 Å². The van der Waals surface area contributed by atoms with Crippen LogP contribution in [0.1, 0.15) is 28.9 Å². The molecule has 0 bridgehead atoms. The number of rotatable bonds is 2. The van der Waals surface area contributed by atoms with E-state index in [4.69, 9.17) is 9.63 Å². The molecular formula is C11H14N2O4. The number of likely N-dealkylation sites (tertiary alicyclic amines) is 1. The van der Waals surface area contributed by atoms with Crippen molar-refractivity contribution in [2.45, 2.75) is 19.8 Å². The van der Waals surface area contributed by atoms with Gasteiger partial charge in [0, 0.05) is 13.1 Å². The molecule has 1 aliphatic rings. The number of aliphatic carboxylic acids is 1. The molecule has 6 heteroatoms. The minimum absolute atomic E-state index is 0.132. The molecule has 2 heterocycles. The maximum Gasteiger partial charge on any atom is 0.306 e. The lowest BCUT2D eigenvalue weighted by atomic mass is 9.97. The molecule has 1 aromatic rings. The first-order chi connectivity index (χ1) is 8.09. The van der Waals surface area contributed by atoms with Crippen molar-refractivity contribution in [3.05, 3.63) is 17.5 Å². The molecule has 0 saturated carbocycles. The Morgan fingerprint density at radius 3 is 2.59 bits per heavy atom. The number of carbonyl (C=O) groups is 2. The summed E-state index contributed by atoms with van der Waals surface area (Å²) in [5, 5.41) is 12.5. The van der Waals surface area contributed by atoms with Gasteiger partial charge in [-0.3, -0.25) is 9.59 Å². The SMILES string of the molecule is Cc1nocc1C(=O)N1CCC(C(=O)O)CC1. The van der Waals surface area contributed by atoms with Crippen molar-refractivity contribution in [1.29, 1.82) is 0 Å². The van der Waals surface area contributed by atoms with Gasteiger partial charge >= 0.3 is 5.97 Å². The van der Waals surface area contributed by atoms with Crippen LogP contribution in [0.3, 0.4) is 0 Å². The number of piperidine rings is 1. The number of nitrogens with zero attached hydrogens (tertiary/aromatic N) is 2. The lowest BCUT2D eigenvalue weighted by Gasteiger charge is -2.29. The summed E-state index contributed by atoms with van der Waals surface area (Å²) in [6.45, 7) is 2.65. The predicted molar refractivity (Wildman–Crippen MR) is 57.5 cm³/mol. The fraction of sp³-hybridized carbons (Fsp3) is 0.545. The number of hydrogen-bond acceptors (Lipinski definition) is 4. The second kappa shape index (κ2) is 4.57. The van der Waals surface area contributed by atoms with E-state index >= 15 is 0 Å². The standard InChI is InChI=1S/C11H14N2O4/c1-7-9(6-17-12-7)10(14)13-4-2-8(3-5-13)11(15)16/h6,8H,2-5H2,1H3,(H,15,16). The first-order valence-electron chi connectivity index (χ1n) is 5.52. The van der Waals surface area contributed by atoms with E-state index < -0.39 is 5.97 Å². The maximum atomic E-state index is 12.0. The van der Waals surface area contributed by atoms with E-state index in [9.17, 15) is 9.59 Å². The van der Waals surface area contributed by atoms with Gasteiger partial charge in [0.25, 0.3) is 5.91 Å². The fourth-order valence-corrected chi connectivity index (χ4v) is 2.00. The maximum absolute atomic E-state index is 12.0. The van der Waals surface area contributed by atoms with Gasteiger partial charge in [-0.25, -0.2) is 0 Å². The molecule has 17 heavy (non-hydrogen) atoms. The molecule has 1 fully saturated rings. The normalized spacial score (nSPS) is 17.1. The third kappa shape index (κ3) is 2.30. The highest BCUT2D eigenvalue weighted by Crippen LogP contribution is 2.19. The Bertz CT molecular complexity index is 432.